The number of rotatable bonds is 5. The Morgan fingerprint density at radius 1 is 1.24 bits per heavy atom. The number of carbonyl (C=O) groups excluding carboxylic acids is 1. The Morgan fingerprint density at radius 3 is 2.84 bits per heavy atom. The van der Waals surface area contributed by atoms with Gasteiger partial charge < -0.3 is 13.8 Å². The topological polar surface area (TPSA) is 72.4 Å². The molecule has 1 aliphatic rings. The number of nitrogens with zero attached hydrogens (tertiary/aromatic N) is 3. The number of amides is 1. The molecule has 25 heavy (non-hydrogen) atoms. The first kappa shape index (κ1) is 16.1. The van der Waals surface area contributed by atoms with Gasteiger partial charge in [0.1, 0.15) is 6.54 Å². The predicted octanol–water partition coefficient (Wildman–Crippen LogP) is 4.37. The van der Waals surface area contributed by atoms with Crippen molar-refractivity contribution in [3.05, 3.63) is 47.6 Å². The smallest absolute Gasteiger partial charge is 0.290 e. The molecule has 3 heterocycles. The molecule has 0 N–H and O–H groups in total. The summed E-state index contributed by atoms with van der Waals surface area (Å²) in [5.74, 6) is 1.25. The molecule has 0 unspecified atom stereocenters. The van der Waals surface area contributed by atoms with Gasteiger partial charge in [-0.1, -0.05) is 30.5 Å². The highest BCUT2D eigenvalue weighted by Crippen LogP contribution is 2.27. The highest BCUT2D eigenvalue weighted by atomic mass is 32.1. The Hall–Kier alpha value is -2.41. The summed E-state index contributed by atoms with van der Waals surface area (Å²) in [5.41, 5.74) is 0. The van der Waals surface area contributed by atoms with Crippen LogP contribution in [0.25, 0.3) is 10.7 Å². The predicted molar refractivity (Wildman–Crippen MR) is 93.1 cm³/mol. The standard InChI is InChI=1S/C18H19N3O3S/c22-18(14-8-4-10-23-14)21(13-6-2-1-3-7-13)12-16-19-17(20-24-16)15-9-5-11-25-15/h4-5,8-11,13H,1-3,6-7,12H2. The average Bonchev–Trinajstić information content (AvgIpc) is 3.42. The zero-order valence-electron chi connectivity index (χ0n) is 13.8. The van der Waals surface area contributed by atoms with E-state index in [4.69, 9.17) is 8.94 Å². The number of hydrogen-bond acceptors (Lipinski definition) is 6. The van der Waals surface area contributed by atoms with Gasteiger partial charge in [-0.2, -0.15) is 4.98 Å². The van der Waals surface area contributed by atoms with Crippen LogP contribution < -0.4 is 0 Å². The number of aromatic nitrogens is 2. The van der Waals surface area contributed by atoms with Gasteiger partial charge in [0.25, 0.3) is 5.91 Å². The van der Waals surface area contributed by atoms with E-state index in [2.05, 4.69) is 10.1 Å². The first-order chi connectivity index (χ1) is 12.3. The van der Waals surface area contributed by atoms with Crippen molar-refractivity contribution >= 4 is 17.2 Å². The van der Waals surface area contributed by atoms with Gasteiger partial charge in [-0.15, -0.1) is 11.3 Å². The zero-order chi connectivity index (χ0) is 17.1. The van der Waals surface area contributed by atoms with Crippen molar-refractivity contribution in [2.24, 2.45) is 0 Å². The van der Waals surface area contributed by atoms with Crippen molar-refractivity contribution in [3.63, 3.8) is 0 Å². The molecule has 0 radical (unpaired) electrons. The van der Waals surface area contributed by atoms with Gasteiger partial charge in [0.05, 0.1) is 11.1 Å². The third kappa shape index (κ3) is 3.51. The Balaban J connectivity index is 1.56. The molecule has 130 valence electrons. The minimum absolute atomic E-state index is 0.118. The molecule has 1 fully saturated rings. The SMILES string of the molecule is O=C(c1ccco1)N(Cc1nc(-c2cccs2)no1)C1CCCCC1. The van der Waals surface area contributed by atoms with Crippen LogP contribution in [0.2, 0.25) is 0 Å². The van der Waals surface area contributed by atoms with Crippen LogP contribution >= 0.6 is 11.3 Å². The molecule has 0 aromatic carbocycles. The van der Waals surface area contributed by atoms with Gasteiger partial charge in [0, 0.05) is 6.04 Å². The minimum atomic E-state index is -0.118. The maximum Gasteiger partial charge on any atom is 0.290 e. The summed E-state index contributed by atoms with van der Waals surface area (Å²) in [6.07, 6.45) is 7.01. The van der Waals surface area contributed by atoms with E-state index in [9.17, 15) is 4.79 Å². The molecule has 7 heteroatoms. The molecule has 3 aromatic rings. The largest absolute Gasteiger partial charge is 0.459 e. The van der Waals surface area contributed by atoms with Crippen LogP contribution in [0.1, 0.15) is 48.5 Å². The summed E-state index contributed by atoms with van der Waals surface area (Å²) in [6, 6.07) is 7.51. The molecule has 0 atom stereocenters. The van der Waals surface area contributed by atoms with Crippen LogP contribution in [0.5, 0.6) is 0 Å². The van der Waals surface area contributed by atoms with Crippen LogP contribution in [-0.4, -0.2) is 27.0 Å². The second-order valence-corrected chi connectivity index (χ2v) is 7.14. The van der Waals surface area contributed by atoms with Crippen LogP contribution in [0, 0.1) is 0 Å². The summed E-state index contributed by atoms with van der Waals surface area (Å²) >= 11 is 1.56. The maximum absolute atomic E-state index is 12.9. The highest BCUT2D eigenvalue weighted by molar-refractivity contribution is 7.13. The first-order valence-corrected chi connectivity index (χ1v) is 9.40. The normalized spacial score (nSPS) is 15.4. The van der Waals surface area contributed by atoms with Crippen molar-refractivity contribution < 1.29 is 13.7 Å². The van der Waals surface area contributed by atoms with E-state index in [1.54, 1.807) is 23.5 Å². The van der Waals surface area contributed by atoms with Gasteiger partial charge >= 0.3 is 0 Å². The van der Waals surface area contributed by atoms with E-state index in [-0.39, 0.29) is 11.9 Å². The maximum atomic E-state index is 12.9. The zero-order valence-corrected chi connectivity index (χ0v) is 14.6. The van der Waals surface area contributed by atoms with Crippen molar-refractivity contribution in [2.75, 3.05) is 0 Å². The number of furan rings is 1. The summed E-state index contributed by atoms with van der Waals surface area (Å²) in [6.45, 7) is 0.308. The third-order valence-corrected chi connectivity index (χ3v) is 5.39. The minimum Gasteiger partial charge on any atom is -0.459 e. The average molecular weight is 357 g/mol. The summed E-state index contributed by atoms with van der Waals surface area (Å²) in [4.78, 5) is 20.1. The lowest BCUT2D eigenvalue weighted by atomic mass is 9.94. The molecule has 6 nitrogen and oxygen atoms in total. The second kappa shape index (κ2) is 7.23. The van der Waals surface area contributed by atoms with Gasteiger partial charge in [-0.05, 0) is 36.4 Å². The lowest BCUT2D eigenvalue weighted by Crippen LogP contribution is -2.40. The van der Waals surface area contributed by atoms with E-state index in [0.29, 0.717) is 24.0 Å². The second-order valence-electron chi connectivity index (χ2n) is 6.19. The lowest BCUT2D eigenvalue weighted by molar-refractivity contribution is 0.0554. The third-order valence-electron chi connectivity index (χ3n) is 4.52. The summed E-state index contributed by atoms with van der Waals surface area (Å²) in [7, 11) is 0. The van der Waals surface area contributed by atoms with Crippen LogP contribution in [0.4, 0.5) is 0 Å². The van der Waals surface area contributed by atoms with E-state index in [1.165, 1.54) is 12.7 Å². The Kier molecular flexibility index (Phi) is 4.65. The molecule has 3 aromatic heterocycles. The van der Waals surface area contributed by atoms with Crippen molar-refractivity contribution in [3.8, 4) is 10.7 Å². The van der Waals surface area contributed by atoms with Crippen LogP contribution in [0.3, 0.4) is 0 Å². The van der Waals surface area contributed by atoms with Gasteiger partial charge in [0.2, 0.25) is 11.7 Å². The van der Waals surface area contributed by atoms with E-state index in [1.807, 2.05) is 22.4 Å². The molecule has 1 saturated carbocycles. The Labute approximate surface area is 149 Å². The Bertz CT molecular complexity index is 805. The number of thiophene rings is 1. The number of hydrogen-bond donors (Lipinski definition) is 0. The summed E-state index contributed by atoms with van der Waals surface area (Å²) < 4.78 is 10.7. The molecule has 4 rings (SSSR count). The highest BCUT2D eigenvalue weighted by Gasteiger charge is 2.29. The van der Waals surface area contributed by atoms with Crippen molar-refractivity contribution in [1.29, 1.82) is 0 Å². The van der Waals surface area contributed by atoms with Crippen molar-refractivity contribution in [1.82, 2.24) is 15.0 Å². The quantitative estimate of drug-likeness (QED) is 0.678. The molecule has 0 aliphatic heterocycles. The van der Waals surface area contributed by atoms with Crippen LogP contribution in [-0.2, 0) is 6.54 Å². The van der Waals surface area contributed by atoms with Crippen molar-refractivity contribution in [2.45, 2.75) is 44.7 Å². The van der Waals surface area contributed by atoms with E-state index >= 15 is 0 Å². The van der Waals surface area contributed by atoms with E-state index in [0.717, 1.165) is 30.6 Å². The number of carbonyl (C=O) groups is 1. The molecular formula is C18H19N3O3S. The molecule has 0 saturated heterocycles. The molecule has 1 amide bonds. The summed E-state index contributed by atoms with van der Waals surface area (Å²) in [5, 5.41) is 6.01. The lowest BCUT2D eigenvalue weighted by Gasteiger charge is -2.32. The fourth-order valence-electron chi connectivity index (χ4n) is 3.27. The Morgan fingerprint density at radius 2 is 2.12 bits per heavy atom. The van der Waals surface area contributed by atoms with Gasteiger partial charge in [-0.3, -0.25) is 4.79 Å². The van der Waals surface area contributed by atoms with Gasteiger partial charge in [-0.25, -0.2) is 0 Å². The van der Waals surface area contributed by atoms with Crippen LogP contribution in [0.15, 0.2) is 44.8 Å². The first-order valence-electron chi connectivity index (χ1n) is 8.52. The fraction of sp³-hybridized carbons (Fsp3) is 0.389. The van der Waals surface area contributed by atoms with E-state index < -0.39 is 0 Å². The molecule has 1 aliphatic carbocycles. The molecular weight excluding hydrogens is 338 g/mol. The fourth-order valence-corrected chi connectivity index (χ4v) is 3.92. The monoisotopic (exact) mass is 357 g/mol. The molecule has 0 bridgehead atoms. The molecule has 0 spiro atoms. The van der Waals surface area contributed by atoms with Gasteiger partial charge in [0.15, 0.2) is 5.76 Å².